The molecule has 0 radical (unpaired) electrons. The minimum atomic E-state index is -0.532. The molecule has 2 heterocycles. The van der Waals surface area contributed by atoms with E-state index in [1.807, 2.05) is 6.07 Å². The summed E-state index contributed by atoms with van der Waals surface area (Å²) in [5.74, 6) is 1.15. The number of benzene rings is 2. The lowest BCUT2D eigenvalue weighted by molar-refractivity contribution is 0.157. The molecule has 1 aliphatic heterocycles. The Bertz CT molecular complexity index is 1020. The summed E-state index contributed by atoms with van der Waals surface area (Å²) in [5, 5.41) is 14.6. The lowest BCUT2D eigenvalue weighted by atomic mass is 10.1. The van der Waals surface area contributed by atoms with E-state index in [1.165, 1.54) is 12.4 Å². The average Bonchev–Trinajstić information content (AvgIpc) is 2.78. The van der Waals surface area contributed by atoms with Gasteiger partial charge >= 0.3 is 0 Å². The van der Waals surface area contributed by atoms with Gasteiger partial charge in [-0.2, -0.15) is 0 Å². The first-order valence-corrected chi connectivity index (χ1v) is 10.5. The van der Waals surface area contributed by atoms with Gasteiger partial charge in [0, 0.05) is 18.1 Å². The third-order valence-corrected chi connectivity index (χ3v) is 5.00. The molecule has 1 aliphatic rings. The Hall–Kier alpha value is -2.10. The molecule has 182 valence electrons. The summed E-state index contributed by atoms with van der Waals surface area (Å²) < 4.78 is 26.0. The molecule has 0 saturated carbocycles. The topological polar surface area (TPSA) is 88.5 Å². The zero-order chi connectivity index (χ0) is 22.2. The number of fused-ring (bicyclic) bond motifs is 1. The number of piperidine rings is 1. The highest BCUT2D eigenvalue weighted by molar-refractivity contribution is 6.31. The van der Waals surface area contributed by atoms with E-state index >= 15 is 0 Å². The van der Waals surface area contributed by atoms with E-state index in [1.54, 1.807) is 32.2 Å². The minimum absolute atomic E-state index is 0. The van der Waals surface area contributed by atoms with Gasteiger partial charge in [-0.15, -0.1) is 24.8 Å². The zero-order valence-corrected chi connectivity index (χ0v) is 20.7. The van der Waals surface area contributed by atoms with Crippen molar-refractivity contribution in [3.05, 3.63) is 47.5 Å². The Kier molecular flexibility index (Phi) is 12.5. The van der Waals surface area contributed by atoms with E-state index in [-0.39, 0.29) is 48.2 Å². The van der Waals surface area contributed by atoms with Crippen LogP contribution in [-0.2, 0) is 0 Å². The number of anilines is 2. The van der Waals surface area contributed by atoms with Crippen molar-refractivity contribution in [2.24, 2.45) is 0 Å². The predicted molar refractivity (Wildman–Crippen MR) is 135 cm³/mol. The largest absolute Gasteiger partial charge is 0.493 e. The van der Waals surface area contributed by atoms with Gasteiger partial charge in [-0.1, -0.05) is 17.7 Å². The second-order valence-corrected chi connectivity index (χ2v) is 7.26. The number of methoxy groups -OCH3 is 1. The fraction of sp³-hybridized carbons (Fsp3) is 0.364. The van der Waals surface area contributed by atoms with E-state index in [2.05, 4.69) is 20.6 Å². The first kappa shape index (κ1) is 28.9. The third kappa shape index (κ3) is 7.45. The van der Waals surface area contributed by atoms with E-state index in [0.717, 1.165) is 25.9 Å². The molecular formula is C22H28Cl3FN4O3. The molecule has 33 heavy (non-hydrogen) atoms. The molecule has 3 aromatic rings. The summed E-state index contributed by atoms with van der Waals surface area (Å²) in [6.45, 7) is 3.77. The number of nitrogens with one attached hydrogen (secondary N) is 2. The Morgan fingerprint density at radius 2 is 1.88 bits per heavy atom. The number of rotatable bonds is 5. The number of ether oxygens (including phenoxy) is 2. The number of aliphatic hydroxyl groups is 1. The van der Waals surface area contributed by atoms with Crippen LogP contribution in [0.25, 0.3) is 10.9 Å². The van der Waals surface area contributed by atoms with Crippen LogP contribution in [0.4, 0.5) is 15.9 Å². The van der Waals surface area contributed by atoms with Crippen LogP contribution in [0.2, 0.25) is 5.02 Å². The van der Waals surface area contributed by atoms with Gasteiger partial charge in [0.2, 0.25) is 0 Å². The highest BCUT2D eigenvalue weighted by Gasteiger charge is 2.19. The SMILES string of the molecule is CCO.COc1cc2ncnc(Nc3cccc(Cl)c3F)c2cc1OC1CCNCC1.Cl.Cl. The normalized spacial score (nSPS) is 13.1. The van der Waals surface area contributed by atoms with Gasteiger partial charge in [-0.25, -0.2) is 14.4 Å². The van der Waals surface area contributed by atoms with Crippen LogP contribution in [0.15, 0.2) is 36.7 Å². The minimum Gasteiger partial charge on any atom is -0.493 e. The van der Waals surface area contributed by atoms with Crippen LogP contribution in [-0.4, -0.2) is 48.0 Å². The zero-order valence-electron chi connectivity index (χ0n) is 18.3. The highest BCUT2D eigenvalue weighted by Crippen LogP contribution is 2.36. The molecule has 11 heteroatoms. The summed E-state index contributed by atoms with van der Waals surface area (Å²) in [6.07, 6.45) is 3.37. The van der Waals surface area contributed by atoms with Gasteiger partial charge in [0.15, 0.2) is 17.3 Å². The Balaban J connectivity index is 0.00000103. The maximum absolute atomic E-state index is 14.3. The first-order valence-electron chi connectivity index (χ1n) is 10.1. The maximum Gasteiger partial charge on any atom is 0.165 e. The quantitative estimate of drug-likeness (QED) is 0.428. The van der Waals surface area contributed by atoms with Gasteiger partial charge in [-0.3, -0.25) is 0 Å². The fourth-order valence-corrected chi connectivity index (χ4v) is 3.41. The van der Waals surface area contributed by atoms with E-state index in [0.29, 0.717) is 28.2 Å². The van der Waals surface area contributed by atoms with E-state index in [4.69, 9.17) is 26.2 Å². The molecule has 0 atom stereocenters. The van der Waals surface area contributed by atoms with Crippen molar-refractivity contribution < 1.29 is 19.0 Å². The van der Waals surface area contributed by atoms with Gasteiger partial charge < -0.3 is 25.2 Å². The predicted octanol–water partition coefficient (Wildman–Crippen LogP) is 5.15. The molecule has 0 bridgehead atoms. The summed E-state index contributed by atoms with van der Waals surface area (Å²) in [5.41, 5.74) is 0.901. The van der Waals surface area contributed by atoms with Gasteiger partial charge in [0.05, 0.1) is 23.3 Å². The number of hydrogen-bond donors (Lipinski definition) is 3. The molecule has 1 fully saturated rings. The van der Waals surface area contributed by atoms with Crippen molar-refractivity contribution in [3.63, 3.8) is 0 Å². The molecule has 1 saturated heterocycles. The molecular weight excluding hydrogens is 494 g/mol. The Morgan fingerprint density at radius 1 is 1.18 bits per heavy atom. The molecule has 2 aromatic carbocycles. The monoisotopic (exact) mass is 520 g/mol. The number of halogens is 4. The molecule has 0 amide bonds. The second-order valence-electron chi connectivity index (χ2n) is 6.85. The van der Waals surface area contributed by atoms with Crippen LogP contribution < -0.4 is 20.1 Å². The number of nitrogens with zero attached hydrogens (tertiary/aromatic N) is 2. The summed E-state index contributed by atoms with van der Waals surface area (Å²) >= 11 is 5.88. The standard InChI is InChI=1S/C20H20ClFN4O2.C2H6O.2ClH/c1-27-17-10-16-13(9-18(17)28-12-5-7-23-8-6-12)20(25-11-24-16)26-15-4-2-3-14(21)19(15)22;1-2-3;;/h2-4,9-12,23H,5-8H2,1H3,(H,24,25,26);3H,2H2,1H3;2*1H. The second kappa shape index (κ2) is 14.2. The molecule has 7 nitrogen and oxygen atoms in total. The van der Waals surface area contributed by atoms with E-state index in [9.17, 15) is 4.39 Å². The number of hydrogen-bond acceptors (Lipinski definition) is 7. The van der Waals surface area contributed by atoms with Crippen molar-refractivity contribution >= 4 is 58.8 Å². The lowest BCUT2D eigenvalue weighted by Gasteiger charge is -2.25. The van der Waals surface area contributed by atoms with Crippen molar-refractivity contribution in [1.82, 2.24) is 15.3 Å². The van der Waals surface area contributed by atoms with Gasteiger partial charge in [-0.05, 0) is 51.1 Å². The van der Waals surface area contributed by atoms with Crippen molar-refractivity contribution in [1.29, 1.82) is 0 Å². The summed E-state index contributed by atoms with van der Waals surface area (Å²) in [6, 6.07) is 8.40. The molecule has 0 aliphatic carbocycles. The Labute approximate surface area is 209 Å². The van der Waals surface area contributed by atoms with Gasteiger partial charge in [0.1, 0.15) is 18.2 Å². The van der Waals surface area contributed by atoms with Crippen LogP contribution in [0.3, 0.4) is 0 Å². The van der Waals surface area contributed by atoms with Crippen LogP contribution >= 0.6 is 36.4 Å². The summed E-state index contributed by atoms with van der Waals surface area (Å²) in [7, 11) is 1.60. The lowest BCUT2D eigenvalue weighted by Crippen LogP contribution is -2.34. The van der Waals surface area contributed by atoms with E-state index < -0.39 is 5.82 Å². The first-order chi connectivity index (χ1) is 15.1. The molecule has 0 unspecified atom stereocenters. The highest BCUT2D eigenvalue weighted by atomic mass is 35.5. The number of aliphatic hydroxyl groups excluding tert-OH is 1. The average molecular weight is 522 g/mol. The van der Waals surface area contributed by atoms with Crippen molar-refractivity contribution in [2.75, 3.05) is 32.1 Å². The molecule has 4 rings (SSSR count). The third-order valence-electron chi connectivity index (χ3n) is 4.71. The molecule has 3 N–H and O–H groups in total. The van der Waals surface area contributed by atoms with Gasteiger partial charge in [0.25, 0.3) is 0 Å². The van der Waals surface area contributed by atoms with Crippen molar-refractivity contribution in [2.45, 2.75) is 25.9 Å². The Morgan fingerprint density at radius 3 is 2.55 bits per heavy atom. The van der Waals surface area contributed by atoms with Crippen LogP contribution in [0.1, 0.15) is 19.8 Å². The molecule has 0 spiro atoms. The van der Waals surface area contributed by atoms with Crippen LogP contribution in [0, 0.1) is 5.82 Å². The maximum atomic E-state index is 14.3. The van der Waals surface area contributed by atoms with Crippen molar-refractivity contribution in [3.8, 4) is 11.5 Å². The number of aromatic nitrogens is 2. The fourth-order valence-electron chi connectivity index (χ4n) is 3.24. The smallest absolute Gasteiger partial charge is 0.165 e. The summed E-state index contributed by atoms with van der Waals surface area (Å²) in [4.78, 5) is 8.58. The molecule has 1 aromatic heterocycles. The van der Waals surface area contributed by atoms with Crippen LogP contribution in [0.5, 0.6) is 11.5 Å².